The lowest BCUT2D eigenvalue weighted by molar-refractivity contribution is -0.126. The minimum Gasteiger partial charge on any atom is -0.352 e. The Morgan fingerprint density at radius 3 is 3.00 bits per heavy atom. The smallest absolute Gasteiger partial charge is 0.224 e. The Bertz CT molecular complexity index is 366. The van der Waals surface area contributed by atoms with Gasteiger partial charge in [-0.25, -0.2) is 0 Å². The molecule has 0 radical (unpaired) electrons. The van der Waals surface area contributed by atoms with Crippen LogP contribution >= 0.6 is 0 Å². The van der Waals surface area contributed by atoms with Gasteiger partial charge in [-0.05, 0) is 44.1 Å². The number of hydrogen-bond acceptors (Lipinski definition) is 3. The van der Waals surface area contributed by atoms with Crippen LogP contribution in [-0.2, 0) is 11.3 Å². The van der Waals surface area contributed by atoms with Crippen molar-refractivity contribution in [1.29, 1.82) is 0 Å². The van der Waals surface area contributed by atoms with E-state index in [1.54, 1.807) is 12.4 Å². The van der Waals surface area contributed by atoms with Crippen LogP contribution in [0.3, 0.4) is 0 Å². The van der Waals surface area contributed by atoms with E-state index in [4.69, 9.17) is 0 Å². The summed E-state index contributed by atoms with van der Waals surface area (Å²) in [5.41, 5.74) is 1.09. The normalized spacial score (nSPS) is 21.1. The third-order valence-electron chi connectivity index (χ3n) is 3.21. The summed E-state index contributed by atoms with van der Waals surface area (Å²) in [6.07, 6.45) is 5.61. The van der Waals surface area contributed by atoms with Gasteiger partial charge in [-0.15, -0.1) is 0 Å². The summed E-state index contributed by atoms with van der Waals surface area (Å²) in [7, 11) is 2.07. The summed E-state index contributed by atoms with van der Waals surface area (Å²) in [4.78, 5) is 18.1. The Kier molecular flexibility index (Phi) is 4.09. The number of amides is 1. The van der Waals surface area contributed by atoms with Crippen LogP contribution in [0.4, 0.5) is 0 Å². The highest BCUT2D eigenvalue weighted by Gasteiger charge is 2.23. The van der Waals surface area contributed by atoms with Crippen LogP contribution in [-0.4, -0.2) is 35.9 Å². The number of carbonyl (C=O) groups excluding carboxylic acids is 1. The van der Waals surface area contributed by atoms with Gasteiger partial charge in [-0.2, -0.15) is 0 Å². The van der Waals surface area contributed by atoms with E-state index in [1.165, 1.54) is 0 Å². The third-order valence-corrected chi connectivity index (χ3v) is 3.21. The molecule has 1 saturated heterocycles. The Labute approximate surface area is 102 Å². The fourth-order valence-corrected chi connectivity index (χ4v) is 2.21. The second-order valence-electron chi connectivity index (χ2n) is 4.67. The first-order valence-electron chi connectivity index (χ1n) is 6.11. The standard InChI is InChI=1S/C13H19N3O/c1-16-8-2-3-12(10-16)13(17)15-9-11-4-6-14-7-5-11/h4-7,12H,2-3,8-10H2,1H3,(H,15,17). The molecule has 0 aliphatic carbocycles. The molecule has 0 aromatic carbocycles. The average molecular weight is 233 g/mol. The SMILES string of the molecule is CN1CCCC(C(=O)NCc2ccncc2)C1. The highest BCUT2D eigenvalue weighted by Crippen LogP contribution is 2.15. The van der Waals surface area contributed by atoms with Crippen LogP contribution in [0.5, 0.6) is 0 Å². The molecule has 1 aliphatic rings. The van der Waals surface area contributed by atoms with Gasteiger partial charge < -0.3 is 10.2 Å². The predicted octanol–water partition coefficient (Wildman–Crippen LogP) is 1.04. The van der Waals surface area contributed by atoms with E-state index in [0.717, 1.165) is 31.5 Å². The number of nitrogens with zero attached hydrogens (tertiary/aromatic N) is 2. The molecule has 1 aromatic rings. The molecule has 1 atom stereocenters. The van der Waals surface area contributed by atoms with E-state index < -0.39 is 0 Å². The summed E-state index contributed by atoms with van der Waals surface area (Å²) in [6, 6.07) is 3.85. The third kappa shape index (κ3) is 3.53. The minimum atomic E-state index is 0.149. The fourth-order valence-electron chi connectivity index (χ4n) is 2.21. The average Bonchev–Trinajstić information content (AvgIpc) is 2.37. The van der Waals surface area contributed by atoms with E-state index in [2.05, 4.69) is 22.2 Å². The fraction of sp³-hybridized carbons (Fsp3) is 0.538. The Balaban J connectivity index is 1.81. The van der Waals surface area contributed by atoms with Gasteiger partial charge in [0.1, 0.15) is 0 Å². The predicted molar refractivity (Wildman–Crippen MR) is 66.3 cm³/mol. The molecule has 4 heteroatoms. The molecule has 1 aromatic heterocycles. The second kappa shape index (κ2) is 5.77. The quantitative estimate of drug-likeness (QED) is 0.848. The van der Waals surface area contributed by atoms with E-state index in [0.29, 0.717) is 6.54 Å². The van der Waals surface area contributed by atoms with Gasteiger partial charge in [0.05, 0.1) is 5.92 Å². The van der Waals surface area contributed by atoms with Gasteiger partial charge in [0.2, 0.25) is 5.91 Å². The Hall–Kier alpha value is -1.42. The summed E-state index contributed by atoms with van der Waals surface area (Å²) in [5.74, 6) is 0.323. The van der Waals surface area contributed by atoms with Crippen LogP contribution in [0.2, 0.25) is 0 Å². The summed E-state index contributed by atoms with van der Waals surface area (Å²) in [6.45, 7) is 2.58. The van der Waals surface area contributed by atoms with Gasteiger partial charge in [-0.3, -0.25) is 9.78 Å². The van der Waals surface area contributed by atoms with Gasteiger partial charge in [0, 0.05) is 25.5 Å². The molecular weight excluding hydrogens is 214 g/mol. The number of likely N-dealkylation sites (tertiary alicyclic amines) is 1. The van der Waals surface area contributed by atoms with E-state index in [-0.39, 0.29) is 11.8 Å². The van der Waals surface area contributed by atoms with Crippen molar-refractivity contribution in [3.8, 4) is 0 Å². The van der Waals surface area contributed by atoms with Crippen molar-refractivity contribution in [2.24, 2.45) is 5.92 Å². The van der Waals surface area contributed by atoms with Crippen LogP contribution in [0, 0.1) is 5.92 Å². The van der Waals surface area contributed by atoms with Crippen LogP contribution in [0.15, 0.2) is 24.5 Å². The topological polar surface area (TPSA) is 45.2 Å². The minimum absolute atomic E-state index is 0.149. The number of hydrogen-bond donors (Lipinski definition) is 1. The highest BCUT2D eigenvalue weighted by atomic mass is 16.1. The van der Waals surface area contributed by atoms with Crippen LogP contribution in [0.1, 0.15) is 18.4 Å². The maximum atomic E-state index is 12.0. The van der Waals surface area contributed by atoms with Crippen molar-refractivity contribution in [2.45, 2.75) is 19.4 Å². The molecule has 1 unspecified atom stereocenters. The molecule has 1 fully saturated rings. The van der Waals surface area contributed by atoms with Gasteiger partial charge in [0.25, 0.3) is 0 Å². The van der Waals surface area contributed by atoms with Crippen molar-refractivity contribution in [2.75, 3.05) is 20.1 Å². The zero-order valence-corrected chi connectivity index (χ0v) is 10.2. The molecule has 1 N–H and O–H groups in total. The number of piperidine rings is 1. The lowest BCUT2D eigenvalue weighted by Gasteiger charge is -2.28. The maximum absolute atomic E-state index is 12.0. The number of aromatic nitrogens is 1. The van der Waals surface area contributed by atoms with Gasteiger partial charge >= 0.3 is 0 Å². The molecule has 2 rings (SSSR count). The zero-order valence-electron chi connectivity index (χ0n) is 10.2. The van der Waals surface area contributed by atoms with E-state index >= 15 is 0 Å². The first-order valence-corrected chi connectivity index (χ1v) is 6.11. The summed E-state index contributed by atoms with van der Waals surface area (Å²) >= 11 is 0. The molecule has 0 spiro atoms. The Morgan fingerprint density at radius 1 is 1.53 bits per heavy atom. The largest absolute Gasteiger partial charge is 0.352 e. The molecule has 0 saturated carbocycles. The molecule has 17 heavy (non-hydrogen) atoms. The summed E-state index contributed by atoms with van der Waals surface area (Å²) < 4.78 is 0. The molecular formula is C13H19N3O. The first-order chi connectivity index (χ1) is 8.25. The molecule has 4 nitrogen and oxygen atoms in total. The first kappa shape index (κ1) is 12.0. The lowest BCUT2D eigenvalue weighted by atomic mass is 9.97. The van der Waals surface area contributed by atoms with Crippen LogP contribution in [0.25, 0.3) is 0 Å². The number of nitrogens with one attached hydrogen (secondary N) is 1. The lowest BCUT2D eigenvalue weighted by Crippen LogP contribution is -2.41. The van der Waals surface area contributed by atoms with E-state index in [1.807, 2.05) is 12.1 Å². The number of carbonyl (C=O) groups is 1. The second-order valence-corrected chi connectivity index (χ2v) is 4.67. The highest BCUT2D eigenvalue weighted by molar-refractivity contribution is 5.78. The summed E-state index contributed by atoms with van der Waals surface area (Å²) in [5, 5.41) is 3.00. The van der Waals surface area contributed by atoms with E-state index in [9.17, 15) is 4.79 Å². The number of pyridine rings is 1. The van der Waals surface area contributed by atoms with Crippen molar-refractivity contribution in [3.05, 3.63) is 30.1 Å². The number of rotatable bonds is 3. The monoisotopic (exact) mass is 233 g/mol. The molecule has 1 aliphatic heterocycles. The maximum Gasteiger partial charge on any atom is 0.224 e. The van der Waals surface area contributed by atoms with Crippen molar-refractivity contribution < 1.29 is 4.79 Å². The Morgan fingerprint density at radius 2 is 2.29 bits per heavy atom. The van der Waals surface area contributed by atoms with Crippen molar-refractivity contribution in [3.63, 3.8) is 0 Å². The zero-order chi connectivity index (χ0) is 12.1. The van der Waals surface area contributed by atoms with Gasteiger partial charge in [0.15, 0.2) is 0 Å². The van der Waals surface area contributed by atoms with Crippen LogP contribution < -0.4 is 5.32 Å². The molecule has 1 amide bonds. The molecule has 0 bridgehead atoms. The molecule has 2 heterocycles. The van der Waals surface area contributed by atoms with Crippen molar-refractivity contribution in [1.82, 2.24) is 15.2 Å². The van der Waals surface area contributed by atoms with Gasteiger partial charge in [-0.1, -0.05) is 0 Å². The molecule has 92 valence electrons. The van der Waals surface area contributed by atoms with Crippen molar-refractivity contribution >= 4 is 5.91 Å².